The second-order valence-corrected chi connectivity index (χ2v) is 9.79. The fraction of sp³-hybridized carbons (Fsp3) is 0.500. The van der Waals surface area contributed by atoms with Crippen LogP contribution >= 0.6 is 11.8 Å². The average Bonchev–Trinajstić information content (AvgIpc) is 2.80. The minimum atomic E-state index is -1.09. The monoisotopic (exact) mass is 493 g/mol. The normalized spacial score (nSPS) is 14.0. The first-order valence-electron chi connectivity index (χ1n) is 11.8. The van der Waals surface area contributed by atoms with Crippen LogP contribution in [0.4, 0.5) is 8.78 Å². The van der Waals surface area contributed by atoms with Crippen LogP contribution in [0.25, 0.3) is 0 Å². The lowest BCUT2D eigenvalue weighted by molar-refractivity contribution is -0.134. The zero-order valence-corrected chi connectivity index (χ0v) is 20.9. The smallest absolute Gasteiger partial charge is 0.240 e. The van der Waals surface area contributed by atoms with Crippen molar-refractivity contribution in [2.24, 2.45) is 11.5 Å². The molecule has 0 heterocycles. The molecule has 0 aliphatic carbocycles. The third kappa shape index (κ3) is 9.33. The second kappa shape index (κ2) is 14.4. The summed E-state index contributed by atoms with van der Waals surface area (Å²) in [6.07, 6.45) is 1.99. The predicted octanol–water partition coefficient (Wildman–Crippen LogP) is 3.65. The molecule has 2 rings (SSSR count). The van der Waals surface area contributed by atoms with Crippen molar-refractivity contribution in [3.63, 3.8) is 0 Å². The van der Waals surface area contributed by atoms with Gasteiger partial charge < -0.3 is 21.5 Å². The molecule has 0 saturated heterocycles. The number of hydrogen-bond acceptors (Lipinski definition) is 5. The Bertz CT molecular complexity index is 895. The Morgan fingerprint density at radius 1 is 1.06 bits per heavy atom. The number of amides is 1. The Balaban J connectivity index is 2.12. The van der Waals surface area contributed by atoms with Crippen LogP contribution in [0.1, 0.15) is 43.4 Å². The fourth-order valence-corrected chi connectivity index (χ4v) is 4.72. The number of carbonyl (C=O) groups excluding carboxylic acids is 1. The molecular formula is C26H37F2N3O2S. The SMILES string of the molecule is CCCCSC[C@@H](N)C(=O)N(Cc1cccc(CC)c1)C[C@@H](O)[C@@H](N)Cc1cc(F)cc(F)c1. The molecule has 5 nitrogen and oxygen atoms in total. The van der Waals surface area contributed by atoms with Gasteiger partial charge in [0.25, 0.3) is 0 Å². The molecule has 0 radical (unpaired) electrons. The van der Waals surface area contributed by atoms with Gasteiger partial charge in [0, 0.05) is 31.0 Å². The summed E-state index contributed by atoms with van der Waals surface area (Å²) in [5.41, 5.74) is 14.8. The molecule has 0 aliphatic rings. The van der Waals surface area contributed by atoms with Crippen LogP contribution in [0.2, 0.25) is 0 Å². The molecule has 2 aromatic carbocycles. The number of aryl methyl sites for hydroxylation is 1. The third-order valence-electron chi connectivity index (χ3n) is 5.64. The Morgan fingerprint density at radius 2 is 1.74 bits per heavy atom. The maximum Gasteiger partial charge on any atom is 0.240 e. The molecule has 0 unspecified atom stereocenters. The van der Waals surface area contributed by atoms with Gasteiger partial charge in [-0.3, -0.25) is 4.79 Å². The van der Waals surface area contributed by atoms with Crippen molar-refractivity contribution in [2.45, 2.75) is 64.3 Å². The van der Waals surface area contributed by atoms with Crippen molar-refractivity contribution in [2.75, 3.05) is 18.1 Å². The minimum Gasteiger partial charge on any atom is -0.390 e. The molecule has 34 heavy (non-hydrogen) atoms. The van der Waals surface area contributed by atoms with Gasteiger partial charge in [-0.05, 0) is 53.8 Å². The summed E-state index contributed by atoms with van der Waals surface area (Å²) >= 11 is 1.64. The van der Waals surface area contributed by atoms with E-state index in [0.29, 0.717) is 17.9 Å². The Morgan fingerprint density at radius 3 is 2.38 bits per heavy atom. The zero-order chi connectivity index (χ0) is 25.1. The number of benzene rings is 2. The van der Waals surface area contributed by atoms with E-state index < -0.39 is 29.8 Å². The predicted molar refractivity (Wildman–Crippen MR) is 135 cm³/mol. The topological polar surface area (TPSA) is 92.6 Å². The highest BCUT2D eigenvalue weighted by Gasteiger charge is 2.26. The fourth-order valence-electron chi connectivity index (χ4n) is 3.66. The Kier molecular flexibility index (Phi) is 12.0. The zero-order valence-electron chi connectivity index (χ0n) is 20.1. The first kappa shape index (κ1) is 28.2. The molecule has 1 amide bonds. The van der Waals surface area contributed by atoms with Gasteiger partial charge >= 0.3 is 0 Å². The molecule has 3 atom stereocenters. The summed E-state index contributed by atoms with van der Waals surface area (Å²) in [5, 5.41) is 10.8. The van der Waals surface area contributed by atoms with E-state index in [2.05, 4.69) is 13.8 Å². The lowest BCUT2D eigenvalue weighted by Gasteiger charge is -2.30. The molecule has 188 valence electrons. The molecule has 2 aromatic rings. The number of thioether (sulfide) groups is 1. The van der Waals surface area contributed by atoms with E-state index in [-0.39, 0.29) is 18.9 Å². The molecule has 0 aromatic heterocycles. The summed E-state index contributed by atoms with van der Waals surface area (Å²) < 4.78 is 27.1. The summed E-state index contributed by atoms with van der Waals surface area (Å²) in [7, 11) is 0. The highest BCUT2D eigenvalue weighted by molar-refractivity contribution is 7.99. The molecule has 0 spiro atoms. The maximum absolute atomic E-state index is 13.5. The van der Waals surface area contributed by atoms with Gasteiger partial charge in [-0.1, -0.05) is 44.5 Å². The number of nitrogens with zero attached hydrogens (tertiary/aromatic N) is 1. The molecule has 0 saturated carbocycles. The van der Waals surface area contributed by atoms with Crippen LogP contribution in [-0.4, -0.2) is 52.2 Å². The maximum atomic E-state index is 13.5. The van der Waals surface area contributed by atoms with Crippen LogP contribution < -0.4 is 11.5 Å². The number of hydrogen-bond donors (Lipinski definition) is 3. The van der Waals surface area contributed by atoms with Gasteiger partial charge in [-0.2, -0.15) is 11.8 Å². The largest absolute Gasteiger partial charge is 0.390 e. The van der Waals surface area contributed by atoms with Gasteiger partial charge in [0.1, 0.15) is 11.6 Å². The van der Waals surface area contributed by atoms with Crippen LogP contribution in [0, 0.1) is 11.6 Å². The van der Waals surface area contributed by atoms with Crippen LogP contribution in [0.5, 0.6) is 0 Å². The van der Waals surface area contributed by atoms with Crippen molar-refractivity contribution in [3.8, 4) is 0 Å². The van der Waals surface area contributed by atoms with Crippen molar-refractivity contribution >= 4 is 17.7 Å². The van der Waals surface area contributed by atoms with Crippen LogP contribution in [-0.2, 0) is 24.2 Å². The number of rotatable bonds is 14. The average molecular weight is 494 g/mol. The standard InChI is InChI=1S/C26H37F2N3O2S/c1-3-5-9-34-17-24(30)26(33)31(15-19-8-6-7-18(4-2)10-19)16-25(32)23(29)13-20-11-21(27)14-22(28)12-20/h6-8,10-12,14,23-25,32H,3-5,9,13,15-17,29-30H2,1-2H3/t23-,24+,25+/m0/s1. The molecule has 0 aliphatic heterocycles. The van der Waals surface area contributed by atoms with E-state index in [1.54, 1.807) is 11.8 Å². The molecule has 0 fully saturated rings. The molecule has 0 bridgehead atoms. The number of aliphatic hydroxyl groups is 1. The Labute approximate surface area is 205 Å². The second-order valence-electron chi connectivity index (χ2n) is 8.64. The number of halogens is 2. The number of aliphatic hydroxyl groups excluding tert-OH is 1. The molecular weight excluding hydrogens is 456 g/mol. The van der Waals surface area contributed by atoms with E-state index in [1.807, 2.05) is 24.3 Å². The summed E-state index contributed by atoms with van der Waals surface area (Å²) in [5.74, 6) is -0.219. The summed E-state index contributed by atoms with van der Waals surface area (Å²) in [6.45, 7) is 4.43. The third-order valence-corrected chi connectivity index (χ3v) is 6.81. The van der Waals surface area contributed by atoms with Crippen molar-refractivity contribution < 1.29 is 18.7 Å². The van der Waals surface area contributed by atoms with E-state index in [4.69, 9.17) is 11.5 Å². The summed E-state index contributed by atoms with van der Waals surface area (Å²) in [6, 6.07) is 9.59. The van der Waals surface area contributed by atoms with E-state index in [0.717, 1.165) is 42.2 Å². The summed E-state index contributed by atoms with van der Waals surface area (Å²) in [4.78, 5) is 14.7. The van der Waals surface area contributed by atoms with Gasteiger partial charge in [-0.25, -0.2) is 8.78 Å². The Hall–Kier alpha value is -2.00. The number of nitrogens with two attached hydrogens (primary N) is 2. The highest BCUT2D eigenvalue weighted by atomic mass is 32.2. The lowest BCUT2D eigenvalue weighted by Crippen LogP contribution is -2.51. The van der Waals surface area contributed by atoms with Crippen molar-refractivity contribution in [1.82, 2.24) is 4.90 Å². The van der Waals surface area contributed by atoms with Gasteiger partial charge in [0.2, 0.25) is 5.91 Å². The number of unbranched alkanes of at least 4 members (excludes halogenated alkanes) is 1. The lowest BCUT2D eigenvalue weighted by atomic mass is 10.0. The van der Waals surface area contributed by atoms with Crippen molar-refractivity contribution in [3.05, 3.63) is 70.8 Å². The molecule has 8 heteroatoms. The van der Waals surface area contributed by atoms with Crippen LogP contribution in [0.15, 0.2) is 42.5 Å². The quantitative estimate of drug-likeness (QED) is 0.350. The first-order valence-corrected chi connectivity index (χ1v) is 13.0. The van der Waals surface area contributed by atoms with Crippen LogP contribution in [0.3, 0.4) is 0 Å². The van der Waals surface area contributed by atoms with Crippen molar-refractivity contribution in [1.29, 1.82) is 0 Å². The first-order chi connectivity index (χ1) is 16.2. The van der Waals surface area contributed by atoms with Gasteiger partial charge in [0.05, 0.1) is 12.1 Å². The van der Waals surface area contributed by atoms with E-state index >= 15 is 0 Å². The van der Waals surface area contributed by atoms with E-state index in [9.17, 15) is 18.7 Å². The van der Waals surface area contributed by atoms with E-state index in [1.165, 1.54) is 17.0 Å². The minimum absolute atomic E-state index is 0.0263. The van der Waals surface area contributed by atoms with Gasteiger partial charge in [-0.15, -0.1) is 0 Å². The van der Waals surface area contributed by atoms with Gasteiger partial charge in [0.15, 0.2) is 0 Å². The number of carbonyl (C=O) groups is 1. The highest BCUT2D eigenvalue weighted by Crippen LogP contribution is 2.15. The molecule has 5 N–H and O–H groups in total.